The average Bonchev–Trinajstić information content (AvgIpc) is 3.01. The van der Waals surface area contributed by atoms with Crippen LogP contribution in [0.2, 0.25) is 5.11 Å². The smallest absolute Gasteiger partial charge is 0.271 e. The van der Waals surface area contributed by atoms with E-state index in [1.807, 2.05) is 18.2 Å². The van der Waals surface area contributed by atoms with Gasteiger partial charge < -0.3 is 35.6 Å². The van der Waals surface area contributed by atoms with E-state index in [0.29, 0.717) is 43.5 Å². The first kappa shape index (κ1) is 33.5. The lowest BCUT2D eigenvalue weighted by Crippen LogP contribution is -2.52. The van der Waals surface area contributed by atoms with Crippen molar-refractivity contribution in [3.63, 3.8) is 0 Å². The third-order valence-electron chi connectivity index (χ3n) is 9.10. The summed E-state index contributed by atoms with van der Waals surface area (Å²) < 4.78 is 11.3. The maximum Gasteiger partial charge on any atom is 0.271 e. The fraction of sp³-hybridized carbons (Fsp3) is 0.621. The molecule has 45 heavy (non-hydrogen) atoms. The molecule has 11 nitrogen and oxygen atoms in total. The molecule has 0 bridgehead atoms. The Morgan fingerprint density at radius 2 is 1.64 bits per heavy atom. The normalized spacial score (nSPS) is 19.7. The molecule has 16 heteroatoms. The Labute approximate surface area is 273 Å². The van der Waals surface area contributed by atoms with E-state index in [1.54, 1.807) is 7.11 Å². The molecule has 228 valence electrons. The van der Waals surface area contributed by atoms with Crippen LogP contribution in [0.1, 0.15) is 41.9 Å². The van der Waals surface area contributed by atoms with Crippen LogP contribution >= 0.6 is 0 Å². The van der Waals surface area contributed by atoms with Gasteiger partial charge in [0, 0.05) is 76.3 Å². The lowest BCUT2D eigenvalue weighted by Gasteiger charge is -2.42. The highest BCUT2D eigenvalue weighted by atomic mass is 16.5. The first-order valence-electron chi connectivity index (χ1n) is 15.5. The number of hydrogen-bond donors (Lipinski definition) is 3. The van der Waals surface area contributed by atoms with Gasteiger partial charge in [0.15, 0.2) is 11.5 Å². The van der Waals surface area contributed by atoms with E-state index in [4.69, 9.17) is 54.4 Å². The molecule has 3 aliphatic heterocycles. The van der Waals surface area contributed by atoms with Crippen molar-refractivity contribution in [3.05, 3.63) is 29.6 Å². The number of nitrogens with zero attached hydrogens (tertiary/aromatic N) is 5. The molecule has 0 unspecified atom stereocenters. The molecule has 4 N–H and O–H groups in total. The van der Waals surface area contributed by atoms with E-state index in [1.165, 1.54) is 0 Å². The molecular weight excluding hydrogens is 562 g/mol. The highest BCUT2D eigenvalue weighted by Gasteiger charge is 2.37. The highest BCUT2D eigenvalue weighted by Crippen LogP contribution is 2.39. The zero-order valence-electron chi connectivity index (χ0n) is 26.3. The number of hydrogen-bond acceptors (Lipinski definition) is 10. The number of anilines is 4. The largest absolute Gasteiger partial charge is 0.495 e. The van der Waals surface area contributed by atoms with Crippen molar-refractivity contribution in [2.45, 2.75) is 48.1 Å². The van der Waals surface area contributed by atoms with Crippen LogP contribution in [0.5, 0.6) is 5.75 Å². The Morgan fingerprint density at radius 3 is 2.24 bits per heavy atom. The number of likely N-dealkylation sites (N-methyl/N-ethyl adjacent to an activating group) is 1. The second-order valence-electron chi connectivity index (χ2n) is 12.4. The number of methoxy groups -OCH3 is 1. The SMILES string of the molecule is [B]C([B])([B])C([B])([B])c1nc(C(N)=O)c(Nc2ccc(N3CCC(N4CCN(C)CC4)CC3)c(OC)c2)nc1NC1CCOCC1. The number of amides is 1. The quantitative estimate of drug-likeness (QED) is 0.326. The van der Waals surface area contributed by atoms with E-state index in [-0.39, 0.29) is 29.1 Å². The topological polar surface area (TPSA) is 121 Å². The number of nitrogens with two attached hydrogens (primary N) is 1. The van der Waals surface area contributed by atoms with Crippen molar-refractivity contribution >= 4 is 68.1 Å². The number of carbonyl (C=O) groups excluding carboxylic acids is 1. The Kier molecular flexibility index (Phi) is 10.3. The Balaban J connectivity index is 1.39. The van der Waals surface area contributed by atoms with Gasteiger partial charge in [0.2, 0.25) is 0 Å². The molecule has 5 rings (SSSR count). The lowest BCUT2D eigenvalue weighted by molar-refractivity contribution is 0.0903. The minimum absolute atomic E-state index is 0.0302. The Hall–Kier alpha value is -2.83. The lowest BCUT2D eigenvalue weighted by atomic mass is 9.22. The van der Waals surface area contributed by atoms with Crippen molar-refractivity contribution in [3.8, 4) is 5.75 Å². The third-order valence-corrected chi connectivity index (χ3v) is 9.10. The number of ether oxygens (including phenoxy) is 2. The molecule has 1 aromatic heterocycles. The van der Waals surface area contributed by atoms with Crippen LogP contribution in [0.25, 0.3) is 0 Å². The molecule has 3 saturated heterocycles. The summed E-state index contributed by atoms with van der Waals surface area (Å²) >= 11 is 0. The van der Waals surface area contributed by atoms with Crippen molar-refractivity contribution in [1.29, 1.82) is 0 Å². The zero-order valence-corrected chi connectivity index (χ0v) is 26.3. The highest BCUT2D eigenvalue weighted by molar-refractivity contribution is 6.67. The molecule has 2 aromatic rings. The summed E-state index contributed by atoms with van der Waals surface area (Å²) in [5.41, 5.74) is 7.06. The molecule has 4 heterocycles. The van der Waals surface area contributed by atoms with E-state index >= 15 is 0 Å². The van der Waals surface area contributed by atoms with E-state index in [0.717, 1.165) is 57.8 Å². The minimum atomic E-state index is -2.10. The molecule has 3 fully saturated rings. The number of carbonyl (C=O) groups is 1. The van der Waals surface area contributed by atoms with Gasteiger partial charge >= 0.3 is 0 Å². The van der Waals surface area contributed by atoms with Gasteiger partial charge in [-0.2, -0.15) is 0 Å². The van der Waals surface area contributed by atoms with E-state index < -0.39 is 16.2 Å². The number of aromatic nitrogens is 2. The number of piperazine rings is 1. The molecule has 0 atom stereocenters. The van der Waals surface area contributed by atoms with Gasteiger partial charge in [-0.15, -0.1) is 5.11 Å². The first-order valence-corrected chi connectivity index (χ1v) is 15.5. The summed E-state index contributed by atoms with van der Waals surface area (Å²) in [6.07, 6.45) is 3.60. The first-order chi connectivity index (χ1) is 21.4. The summed E-state index contributed by atoms with van der Waals surface area (Å²) in [6, 6.07) is 6.33. The Bertz CT molecular complexity index is 1340. The minimum Gasteiger partial charge on any atom is -0.495 e. The predicted octanol–water partition coefficient (Wildman–Crippen LogP) is 0.204. The summed E-state index contributed by atoms with van der Waals surface area (Å²) in [6.45, 7) is 7.48. The standard InChI is InChI=1S/C29H39B5N8O3/c1-40-11-13-41(14-12-40)20-5-9-42(10-6-20)21-4-3-19(17-22(21)44-2)37-26-23(25(35)43)38-24(28(30,31)29(32,33)34)27(39-26)36-18-7-15-45-16-8-18/h3-4,17-18,20H,5-16H2,1-2H3,(H2,35,43)(H2,36,37,39). The zero-order chi connectivity index (χ0) is 32.4. The van der Waals surface area contributed by atoms with Crippen LogP contribution in [0, 0.1) is 0 Å². The second kappa shape index (κ2) is 13.9. The molecule has 1 amide bonds. The van der Waals surface area contributed by atoms with Gasteiger partial charge in [-0.3, -0.25) is 9.69 Å². The van der Waals surface area contributed by atoms with Crippen LogP contribution in [0.15, 0.2) is 18.2 Å². The number of rotatable bonds is 10. The van der Waals surface area contributed by atoms with Gasteiger partial charge in [0.1, 0.15) is 11.6 Å². The number of benzene rings is 1. The van der Waals surface area contributed by atoms with E-state index in [9.17, 15) is 4.79 Å². The van der Waals surface area contributed by atoms with Crippen molar-refractivity contribution in [2.75, 3.05) is 82.2 Å². The molecule has 0 aliphatic carbocycles. The molecule has 0 saturated carbocycles. The third kappa shape index (κ3) is 7.60. The maximum absolute atomic E-state index is 12.6. The van der Waals surface area contributed by atoms with Crippen LogP contribution in [-0.2, 0) is 9.95 Å². The maximum atomic E-state index is 12.6. The predicted molar refractivity (Wildman–Crippen MR) is 182 cm³/mol. The van der Waals surface area contributed by atoms with Crippen LogP contribution < -0.4 is 26.0 Å². The fourth-order valence-corrected chi connectivity index (χ4v) is 6.14. The van der Waals surface area contributed by atoms with Crippen molar-refractivity contribution < 1.29 is 14.3 Å². The Morgan fingerprint density at radius 1 is 0.978 bits per heavy atom. The molecule has 0 spiro atoms. The van der Waals surface area contributed by atoms with Crippen molar-refractivity contribution in [1.82, 2.24) is 19.8 Å². The van der Waals surface area contributed by atoms with Gasteiger partial charge in [-0.1, -0.05) is 5.21 Å². The summed E-state index contributed by atoms with van der Waals surface area (Å²) in [5, 5.41) is 2.33. The van der Waals surface area contributed by atoms with Crippen LogP contribution in [0.3, 0.4) is 0 Å². The summed E-state index contributed by atoms with van der Waals surface area (Å²) in [4.78, 5) is 29.1. The number of primary amides is 1. The average molecular weight is 602 g/mol. The van der Waals surface area contributed by atoms with Gasteiger partial charge in [0.05, 0.1) is 57.7 Å². The summed E-state index contributed by atoms with van der Waals surface area (Å²) in [5.74, 6) is 0.0991. The summed E-state index contributed by atoms with van der Waals surface area (Å²) in [7, 11) is 34.2. The van der Waals surface area contributed by atoms with Crippen molar-refractivity contribution in [2.24, 2.45) is 5.73 Å². The molecule has 10 radical (unpaired) electrons. The number of nitrogens with one attached hydrogen (secondary N) is 2. The molecule has 1 aromatic carbocycles. The van der Waals surface area contributed by atoms with Gasteiger partial charge in [-0.25, -0.2) is 9.97 Å². The second-order valence-corrected chi connectivity index (χ2v) is 12.4. The fourth-order valence-electron chi connectivity index (χ4n) is 6.14. The number of piperidine rings is 1. The monoisotopic (exact) mass is 602 g/mol. The molecule has 3 aliphatic rings. The van der Waals surface area contributed by atoms with Crippen LogP contribution in [0.4, 0.5) is 23.0 Å². The molecular formula is C29H39B5N8O3. The van der Waals surface area contributed by atoms with Gasteiger partial charge in [-0.05, 0) is 44.9 Å². The van der Waals surface area contributed by atoms with E-state index in [2.05, 4.69) is 42.3 Å². The van der Waals surface area contributed by atoms with Crippen LogP contribution in [-0.4, -0.2) is 144 Å². The van der Waals surface area contributed by atoms with Gasteiger partial charge in [0.25, 0.3) is 5.91 Å².